The van der Waals surface area contributed by atoms with Crippen LogP contribution in [0.15, 0.2) is 4.52 Å². The number of aryl methyl sites for hydroxylation is 1. The van der Waals surface area contributed by atoms with Crippen LogP contribution in [0.3, 0.4) is 0 Å². The summed E-state index contributed by atoms with van der Waals surface area (Å²) in [5.74, 6) is 0.652. The molecule has 0 bridgehead atoms. The van der Waals surface area contributed by atoms with E-state index in [0.29, 0.717) is 11.8 Å². The Morgan fingerprint density at radius 1 is 1.60 bits per heavy atom. The average molecular weight is 212 g/mol. The Morgan fingerprint density at radius 3 is 3.07 bits per heavy atom. The van der Waals surface area contributed by atoms with Crippen LogP contribution < -0.4 is 10.2 Å². The Kier molecular flexibility index (Phi) is 3.17. The van der Waals surface area contributed by atoms with E-state index in [0.717, 1.165) is 26.2 Å². The molecule has 84 valence electrons. The summed E-state index contributed by atoms with van der Waals surface area (Å²) in [6.07, 6.45) is 0.191. The van der Waals surface area contributed by atoms with E-state index in [1.54, 1.807) is 6.92 Å². The van der Waals surface area contributed by atoms with Crippen molar-refractivity contribution < 1.29 is 9.26 Å². The second-order valence-electron chi connectivity index (χ2n) is 3.70. The highest BCUT2D eigenvalue weighted by atomic mass is 16.5. The third kappa shape index (κ3) is 2.66. The second kappa shape index (κ2) is 4.59. The lowest BCUT2D eigenvalue weighted by Gasteiger charge is -2.26. The van der Waals surface area contributed by atoms with Gasteiger partial charge in [0.2, 0.25) is 0 Å². The molecule has 0 saturated carbocycles. The Bertz CT molecular complexity index is 309. The fraction of sp³-hybridized carbons (Fsp3) is 0.778. The van der Waals surface area contributed by atoms with Gasteiger partial charge in [-0.3, -0.25) is 0 Å². The molecule has 1 aromatic heterocycles. The maximum Gasteiger partial charge on any atom is 0.323 e. The molecular weight excluding hydrogens is 196 g/mol. The lowest BCUT2D eigenvalue weighted by atomic mass is 10.3. The van der Waals surface area contributed by atoms with Crippen molar-refractivity contribution in [3.8, 4) is 0 Å². The number of anilines is 1. The normalized spacial score (nSPS) is 21.6. The predicted octanol–water partition coefficient (Wildman–Crippen LogP) is -0.197. The van der Waals surface area contributed by atoms with Gasteiger partial charge in [0.1, 0.15) is 0 Å². The van der Waals surface area contributed by atoms with Gasteiger partial charge in [0.15, 0.2) is 5.82 Å². The topological polar surface area (TPSA) is 63.4 Å². The Morgan fingerprint density at radius 2 is 2.47 bits per heavy atom. The SMILES string of the molecule is Cc1noc(N(C)CC2CNCCO2)n1. The molecule has 1 atom stereocenters. The first kappa shape index (κ1) is 10.4. The molecule has 1 unspecified atom stereocenters. The van der Waals surface area contributed by atoms with Gasteiger partial charge < -0.3 is 19.5 Å². The fourth-order valence-corrected chi connectivity index (χ4v) is 1.56. The molecule has 0 aromatic carbocycles. The van der Waals surface area contributed by atoms with Gasteiger partial charge in [-0.25, -0.2) is 0 Å². The third-order valence-electron chi connectivity index (χ3n) is 2.33. The molecule has 2 rings (SSSR count). The van der Waals surface area contributed by atoms with Gasteiger partial charge in [-0.1, -0.05) is 5.16 Å². The summed E-state index contributed by atoms with van der Waals surface area (Å²) in [5, 5.41) is 7.03. The van der Waals surface area contributed by atoms with E-state index >= 15 is 0 Å². The number of nitrogens with zero attached hydrogens (tertiary/aromatic N) is 3. The van der Waals surface area contributed by atoms with Gasteiger partial charge in [-0.05, 0) is 6.92 Å². The van der Waals surface area contributed by atoms with Gasteiger partial charge in [0, 0.05) is 26.7 Å². The number of hydrogen-bond acceptors (Lipinski definition) is 6. The molecule has 1 fully saturated rings. The molecule has 1 aliphatic heterocycles. The van der Waals surface area contributed by atoms with E-state index in [1.807, 2.05) is 11.9 Å². The van der Waals surface area contributed by atoms with Crippen molar-refractivity contribution in [2.75, 3.05) is 38.2 Å². The van der Waals surface area contributed by atoms with Crippen molar-refractivity contribution in [2.45, 2.75) is 13.0 Å². The largest absolute Gasteiger partial charge is 0.374 e. The number of morpholine rings is 1. The lowest BCUT2D eigenvalue weighted by molar-refractivity contribution is 0.0334. The molecule has 1 aromatic rings. The summed E-state index contributed by atoms with van der Waals surface area (Å²) in [6.45, 7) is 5.13. The van der Waals surface area contributed by atoms with Crippen LogP contribution in [0, 0.1) is 6.92 Å². The summed E-state index contributed by atoms with van der Waals surface area (Å²) in [7, 11) is 1.92. The standard InChI is InChI=1S/C9H16N4O2/c1-7-11-9(15-12-7)13(2)6-8-5-10-3-4-14-8/h8,10H,3-6H2,1-2H3. The monoisotopic (exact) mass is 212 g/mol. The summed E-state index contributed by atoms with van der Waals surface area (Å²) in [4.78, 5) is 6.06. The van der Waals surface area contributed by atoms with Gasteiger partial charge in [0.25, 0.3) is 0 Å². The molecule has 2 heterocycles. The molecule has 6 nitrogen and oxygen atoms in total. The molecule has 0 amide bonds. The first-order valence-electron chi connectivity index (χ1n) is 5.09. The highest BCUT2D eigenvalue weighted by molar-refractivity contribution is 5.22. The van der Waals surface area contributed by atoms with E-state index < -0.39 is 0 Å². The average Bonchev–Trinajstić information content (AvgIpc) is 2.66. The van der Waals surface area contributed by atoms with Gasteiger partial charge in [0.05, 0.1) is 12.7 Å². The van der Waals surface area contributed by atoms with Crippen LogP contribution in [0.5, 0.6) is 0 Å². The predicted molar refractivity (Wildman–Crippen MR) is 54.9 cm³/mol. The van der Waals surface area contributed by atoms with Crippen LogP contribution in [0.25, 0.3) is 0 Å². The Labute approximate surface area is 88.6 Å². The molecule has 15 heavy (non-hydrogen) atoms. The molecule has 6 heteroatoms. The number of aromatic nitrogens is 2. The first-order chi connectivity index (χ1) is 7.25. The van der Waals surface area contributed by atoms with Crippen molar-refractivity contribution >= 4 is 6.01 Å². The number of nitrogens with one attached hydrogen (secondary N) is 1. The van der Waals surface area contributed by atoms with Gasteiger partial charge in [-0.15, -0.1) is 0 Å². The third-order valence-corrected chi connectivity index (χ3v) is 2.33. The molecular formula is C9H16N4O2. The number of likely N-dealkylation sites (N-methyl/N-ethyl adjacent to an activating group) is 1. The van der Waals surface area contributed by atoms with Crippen molar-refractivity contribution in [2.24, 2.45) is 0 Å². The number of ether oxygens (including phenoxy) is 1. The minimum atomic E-state index is 0.191. The molecule has 1 aliphatic rings. The van der Waals surface area contributed by atoms with Crippen LogP contribution in [0.4, 0.5) is 6.01 Å². The summed E-state index contributed by atoms with van der Waals surface area (Å²) in [6, 6.07) is 0.543. The van der Waals surface area contributed by atoms with E-state index in [-0.39, 0.29) is 6.10 Å². The zero-order valence-electron chi connectivity index (χ0n) is 9.06. The highest BCUT2D eigenvalue weighted by Gasteiger charge is 2.18. The highest BCUT2D eigenvalue weighted by Crippen LogP contribution is 2.09. The van der Waals surface area contributed by atoms with E-state index in [4.69, 9.17) is 9.26 Å². The maximum absolute atomic E-state index is 5.58. The number of hydrogen-bond donors (Lipinski definition) is 1. The van der Waals surface area contributed by atoms with Crippen molar-refractivity contribution in [3.63, 3.8) is 0 Å². The smallest absolute Gasteiger partial charge is 0.323 e. The van der Waals surface area contributed by atoms with Gasteiger partial charge in [-0.2, -0.15) is 4.98 Å². The van der Waals surface area contributed by atoms with Crippen LogP contribution in [0.1, 0.15) is 5.82 Å². The van der Waals surface area contributed by atoms with Gasteiger partial charge >= 0.3 is 6.01 Å². The molecule has 0 spiro atoms. The van der Waals surface area contributed by atoms with E-state index in [1.165, 1.54) is 0 Å². The van der Waals surface area contributed by atoms with E-state index in [2.05, 4.69) is 15.5 Å². The summed E-state index contributed by atoms with van der Waals surface area (Å²) in [5.41, 5.74) is 0. The first-order valence-corrected chi connectivity index (χ1v) is 5.09. The van der Waals surface area contributed by atoms with Crippen LogP contribution >= 0.6 is 0 Å². The Balaban J connectivity index is 1.88. The van der Waals surface area contributed by atoms with Crippen molar-refractivity contribution in [1.82, 2.24) is 15.5 Å². The second-order valence-corrected chi connectivity index (χ2v) is 3.70. The molecule has 1 N–H and O–H groups in total. The number of rotatable bonds is 3. The van der Waals surface area contributed by atoms with Crippen LogP contribution in [0.2, 0.25) is 0 Å². The zero-order chi connectivity index (χ0) is 10.7. The zero-order valence-corrected chi connectivity index (χ0v) is 9.06. The Hall–Kier alpha value is -1.14. The van der Waals surface area contributed by atoms with Crippen LogP contribution in [-0.2, 0) is 4.74 Å². The van der Waals surface area contributed by atoms with Crippen molar-refractivity contribution in [1.29, 1.82) is 0 Å². The van der Waals surface area contributed by atoms with Crippen LogP contribution in [-0.4, -0.2) is 49.5 Å². The quantitative estimate of drug-likeness (QED) is 0.748. The lowest BCUT2D eigenvalue weighted by Crippen LogP contribution is -2.44. The molecule has 0 aliphatic carbocycles. The van der Waals surface area contributed by atoms with Crippen molar-refractivity contribution in [3.05, 3.63) is 5.82 Å². The molecule has 0 radical (unpaired) electrons. The summed E-state index contributed by atoms with van der Waals surface area (Å²) >= 11 is 0. The minimum absolute atomic E-state index is 0.191. The minimum Gasteiger partial charge on any atom is -0.374 e. The maximum atomic E-state index is 5.58. The summed E-state index contributed by atoms with van der Waals surface area (Å²) < 4.78 is 10.6. The van der Waals surface area contributed by atoms with E-state index in [9.17, 15) is 0 Å². The fourth-order valence-electron chi connectivity index (χ4n) is 1.56. The molecule has 1 saturated heterocycles.